The normalized spacial score (nSPS) is 19.6. The van der Waals surface area contributed by atoms with Crippen LogP contribution >= 0.6 is 15.9 Å². The summed E-state index contributed by atoms with van der Waals surface area (Å²) in [4.78, 5) is 13.9. The Hall–Kier alpha value is -1.23. The molecule has 1 fully saturated rings. The molecule has 0 aromatic heterocycles. The number of hydrogen-bond donors (Lipinski definition) is 2. The van der Waals surface area contributed by atoms with Crippen molar-refractivity contribution >= 4 is 21.8 Å². The van der Waals surface area contributed by atoms with Crippen LogP contribution in [0.1, 0.15) is 23.2 Å². The minimum Gasteiger partial charge on any atom is -0.507 e. The predicted molar refractivity (Wildman–Crippen MR) is 67.6 cm³/mol. The summed E-state index contributed by atoms with van der Waals surface area (Å²) in [7, 11) is 0. The Kier molecular flexibility index (Phi) is 3.57. The van der Waals surface area contributed by atoms with Gasteiger partial charge in [0.15, 0.2) is 0 Å². The van der Waals surface area contributed by atoms with Gasteiger partial charge in [0.05, 0.1) is 0 Å². The summed E-state index contributed by atoms with van der Waals surface area (Å²) < 4.78 is 0. The molecule has 1 aromatic rings. The van der Waals surface area contributed by atoms with E-state index in [0.717, 1.165) is 12.8 Å². The molecule has 5 heteroatoms. The summed E-state index contributed by atoms with van der Waals surface area (Å²) in [5.41, 5.74) is 0.000324. The van der Waals surface area contributed by atoms with Crippen molar-refractivity contribution in [1.82, 2.24) is 4.90 Å². The molecule has 1 atom stereocenters. The molecule has 1 amide bonds. The number of phenolic OH excluding ortho intramolecular Hbond substituents is 2. The number of phenols is 2. The van der Waals surface area contributed by atoms with Crippen molar-refractivity contribution in [2.75, 3.05) is 11.9 Å². The minimum absolute atomic E-state index is 0.000324. The number of amides is 1. The molecule has 0 radical (unpaired) electrons. The van der Waals surface area contributed by atoms with Gasteiger partial charge in [0.1, 0.15) is 17.1 Å². The molecule has 1 aliphatic rings. The van der Waals surface area contributed by atoms with Crippen molar-refractivity contribution in [3.63, 3.8) is 0 Å². The first-order chi connectivity index (χ1) is 8.15. The number of carbonyl (C=O) groups excluding carboxylic acids is 1. The van der Waals surface area contributed by atoms with Crippen LogP contribution in [0.4, 0.5) is 0 Å². The van der Waals surface area contributed by atoms with Gasteiger partial charge in [-0.1, -0.05) is 22.0 Å². The van der Waals surface area contributed by atoms with Crippen molar-refractivity contribution in [1.29, 1.82) is 0 Å². The van der Waals surface area contributed by atoms with Crippen LogP contribution in [0.2, 0.25) is 0 Å². The standard InChI is InChI=1S/C12H14BrNO3/c13-7-8-3-2-6-14(8)12(17)11-9(15)4-1-5-10(11)16/h1,4-5,8,15-16H,2-3,6-7H2. The zero-order valence-electron chi connectivity index (χ0n) is 9.27. The van der Waals surface area contributed by atoms with E-state index in [4.69, 9.17) is 0 Å². The molecule has 4 nitrogen and oxygen atoms in total. The van der Waals surface area contributed by atoms with Crippen LogP contribution in [0, 0.1) is 0 Å². The number of alkyl halides is 1. The second-order valence-electron chi connectivity index (χ2n) is 4.12. The van der Waals surface area contributed by atoms with Gasteiger partial charge >= 0.3 is 0 Å². The Morgan fingerprint density at radius 3 is 2.65 bits per heavy atom. The Labute approximate surface area is 108 Å². The number of halogens is 1. The molecule has 1 aromatic carbocycles. The summed E-state index contributed by atoms with van der Waals surface area (Å²) in [6, 6.07) is 4.47. The van der Waals surface area contributed by atoms with Crippen LogP contribution in [0.25, 0.3) is 0 Å². The molecular formula is C12H14BrNO3. The van der Waals surface area contributed by atoms with E-state index in [0.29, 0.717) is 11.9 Å². The Balaban J connectivity index is 2.31. The van der Waals surface area contributed by atoms with E-state index < -0.39 is 0 Å². The highest BCUT2D eigenvalue weighted by Gasteiger charge is 2.31. The first-order valence-corrected chi connectivity index (χ1v) is 6.65. The molecule has 0 saturated carbocycles. The Morgan fingerprint density at radius 1 is 1.41 bits per heavy atom. The highest BCUT2D eigenvalue weighted by molar-refractivity contribution is 9.09. The average Bonchev–Trinajstić information content (AvgIpc) is 2.76. The first kappa shape index (κ1) is 12.2. The second kappa shape index (κ2) is 4.96. The number of rotatable bonds is 2. The first-order valence-electron chi connectivity index (χ1n) is 5.53. The summed E-state index contributed by atoms with van der Waals surface area (Å²) in [5.74, 6) is -0.645. The van der Waals surface area contributed by atoms with Gasteiger partial charge in [0.25, 0.3) is 5.91 Å². The number of likely N-dealkylation sites (tertiary alicyclic amines) is 1. The number of hydrogen-bond acceptors (Lipinski definition) is 3. The van der Waals surface area contributed by atoms with E-state index >= 15 is 0 Å². The zero-order valence-corrected chi connectivity index (χ0v) is 10.9. The SMILES string of the molecule is O=C(c1c(O)cccc1O)N1CCCC1CBr. The van der Waals surface area contributed by atoms with Crippen LogP contribution < -0.4 is 0 Å². The van der Waals surface area contributed by atoms with E-state index in [1.807, 2.05) is 0 Å². The van der Waals surface area contributed by atoms with E-state index in [-0.39, 0.29) is 29.0 Å². The summed E-state index contributed by atoms with van der Waals surface area (Å²) in [5, 5.41) is 20.0. The smallest absolute Gasteiger partial charge is 0.261 e. The third-order valence-corrected chi connectivity index (χ3v) is 3.80. The fourth-order valence-electron chi connectivity index (χ4n) is 2.15. The third kappa shape index (κ3) is 2.24. The number of nitrogens with zero attached hydrogens (tertiary/aromatic N) is 1. The lowest BCUT2D eigenvalue weighted by molar-refractivity contribution is 0.0744. The predicted octanol–water partition coefficient (Wildman–Crippen LogP) is 2.10. The van der Waals surface area contributed by atoms with Crippen molar-refractivity contribution in [3.8, 4) is 11.5 Å². The van der Waals surface area contributed by atoms with Crippen molar-refractivity contribution in [2.24, 2.45) is 0 Å². The van der Waals surface area contributed by atoms with Gasteiger partial charge in [-0.3, -0.25) is 4.79 Å². The molecule has 1 saturated heterocycles. The lowest BCUT2D eigenvalue weighted by atomic mass is 10.1. The molecule has 2 rings (SSSR count). The molecule has 1 heterocycles. The molecule has 17 heavy (non-hydrogen) atoms. The lowest BCUT2D eigenvalue weighted by Gasteiger charge is -2.23. The number of aromatic hydroxyl groups is 2. The number of benzene rings is 1. The molecule has 0 spiro atoms. The van der Waals surface area contributed by atoms with Gasteiger partial charge in [-0.15, -0.1) is 0 Å². The Morgan fingerprint density at radius 2 is 2.06 bits per heavy atom. The summed E-state index contributed by atoms with van der Waals surface area (Å²) in [6.07, 6.45) is 1.90. The van der Waals surface area contributed by atoms with Gasteiger partial charge in [-0.2, -0.15) is 0 Å². The Bertz CT molecular complexity index is 416. The molecule has 92 valence electrons. The average molecular weight is 300 g/mol. The van der Waals surface area contributed by atoms with Crippen molar-refractivity contribution in [2.45, 2.75) is 18.9 Å². The van der Waals surface area contributed by atoms with Crippen LogP contribution in [-0.2, 0) is 0 Å². The van der Waals surface area contributed by atoms with E-state index in [1.165, 1.54) is 18.2 Å². The van der Waals surface area contributed by atoms with Gasteiger partial charge in [-0.25, -0.2) is 0 Å². The fourth-order valence-corrected chi connectivity index (χ4v) is 2.83. The molecular weight excluding hydrogens is 286 g/mol. The maximum atomic E-state index is 12.2. The minimum atomic E-state index is -0.303. The molecule has 1 unspecified atom stereocenters. The fraction of sp³-hybridized carbons (Fsp3) is 0.417. The summed E-state index contributed by atoms with van der Waals surface area (Å²) in [6.45, 7) is 0.670. The van der Waals surface area contributed by atoms with Crippen LogP contribution in [0.5, 0.6) is 11.5 Å². The quantitative estimate of drug-likeness (QED) is 0.822. The van der Waals surface area contributed by atoms with Crippen LogP contribution in [0.3, 0.4) is 0 Å². The topological polar surface area (TPSA) is 60.8 Å². The van der Waals surface area contributed by atoms with Gasteiger partial charge in [0.2, 0.25) is 0 Å². The third-order valence-electron chi connectivity index (χ3n) is 3.05. The number of carbonyl (C=O) groups is 1. The van der Waals surface area contributed by atoms with E-state index in [1.54, 1.807) is 4.90 Å². The van der Waals surface area contributed by atoms with E-state index in [9.17, 15) is 15.0 Å². The molecule has 2 N–H and O–H groups in total. The largest absolute Gasteiger partial charge is 0.507 e. The maximum absolute atomic E-state index is 12.2. The molecule has 1 aliphatic heterocycles. The van der Waals surface area contributed by atoms with E-state index in [2.05, 4.69) is 15.9 Å². The lowest BCUT2D eigenvalue weighted by Crippen LogP contribution is -2.36. The van der Waals surface area contributed by atoms with Crippen LogP contribution in [0.15, 0.2) is 18.2 Å². The highest BCUT2D eigenvalue weighted by atomic mass is 79.9. The van der Waals surface area contributed by atoms with Crippen molar-refractivity contribution in [3.05, 3.63) is 23.8 Å². The highest BCUT2D eigenvalue weighted by Crippen LogP contribution is 2.30. The monoisotopic (exact) mass is 299 g/mol. The summed E-state index contributed by atoms with van der Waals surface area (Å²) >= 11 is 3.38. The van der Waals surface area contributed by atoms with Crippen LogP contribution in [-0.4, -0.2) is 38.9 Å². The maximum Gasteiger partial charge on any atom is 0.261 e. The molecule has 0 aliphatic carbocycles. The zero-order chi connectivity index (χ0) is 12.4. The second-order valence-corrected chi connectivity index (χ2v) is 4.77. The van der Waals surface area contributed by atoms with Crippen molar-refractivity contribution < 1.29 is 15.0 Å². The van der Waals surface area contributed by atoms with Gasteiger partial charge < -0.3 is 15.1 Å². The molecule has 0 bridgehead atoms. The van der Waals surface area contributed by atoms with Gasteiger partial charge in [-0.05, 0) is 25.0 Å². The van der Waals surface area contributed by atoms with Gasteiger partial charge in [0, 0.05) is 17.9 Å².